The fraction of sp³-hybridized carbons (Fsp3) is 0.0556. The molecule has 3 heterocycles. The minimum atomic E-state index is -0.272. The Labute approximate surface area is 162 Å². The number of nitrogens with zero attached hydrogens (tertiary/aromatic N) is 2. The Bertz CT molecular complexity index is 1040. The summed E-state index contributed by atoms with van der Waals surface area (Å²) in [5.41, 5.74) is 1.87. The van der Waals surface area contributed by atoms with Crippen molar-refractivity contribution in [2.45, 2.75) is 6.92 Å². The third kappa shape index (κ3) is 3.09. The predicted octanol–water partition coefficient (Wildman–Crippen LogP) is 5.42. The number of thioether (sulfide) groups is 1. The predicted molar refractivity (Wildman–Crippen MR) is 107 cm³/mol. The number of hydrogen-bond donors (Lipinski definition) is 1. The van der Waals surface area contributed by atoms with Crippen molar-refractivity contribution in [2.75, 3.05) is 4.90 Å². The molecule has 4 rings (SSSR count). The second-order valence-corrected chi connectivity index (χ2v) is 7.85. The highest BCUT2D eigenvalue weighted by Gasteiger charge is 2.35. The molecule has 0 unspecified atom stereocenters. The van der Waals surface area contributed by atoms with E-state index in [2.05, 4.69) is 4.98 Å². The van der Waals surface area contributed by atoms with Gasteiger partial charge in [0.1, 0.15) is 11.5 Å². The number of anilines is 1. The van der Waals surface area contributed by atoms with E-state index in [1.54, 1.807) is 23.7 Å². The highest BCUT2D eigenvalue weighted by molar-refractivity contribution is 8.19. The summed E-state index contributed by atoms with van der Waals surface area (Å²) in [6.07, 6.45) is 3.26. The highest BCUT2D eigenvalue weighted by Crippen LogP contribution is 2.36. The number of aryl methyl sites for hydroxylation is 1. The van der Waals surface area contributed by atoms with Crippen molar-refractivity contribution in [2.24, 2.45) is 0 Å². The van der Waals surface area contributed by atoms with E-state index in [9.17, 15) is 4.79 Å². The van der Waals surface area contributed by atoms with Crippen molar-refractivity contribution >= 4 is 57.0 Å². The van der Waals surface area contributed by atoms with Crippen LogP contribution in [-0.4, -0.2) is 16.1 Å². The van der Waals surface area contributed by atoms with E-state index in [-0.39, 0.29) is 11.1 Å². The number of carbonyl (C=O) groups is 1. The standard InChI is InChI=1S/C18H12ClN3O2S2/c1-10-2-3-11(8-13(10)19)14-5-4-12(24-14)9-15-16(23)22(17(20)26-15)18-21-6-7-25-18/h2-9,20H,1H3. The SMILES string of the molecule is Cc1ccc(-c2ccc(C=C3SC(=N)N(c4nccs4)C3=O)o2)cc1Cl. The molecule has 0 aliphatic carbocycles. The van der Waals surface area contributed by atoms with Gasteiger partial charge in [-0.15, -0.1) is 11.3 Å². The Balaban J connectivity index is 1.61. The van der Waals surface area contributed by atoms with Gasteiger partial charge in [0.25, 0.3) is 5.91 Å². The summed E-state index contributed by atoms with van der Waals surface area (Å²) in [5, 5.41) is 11.1. The van der Waals surface area contributed by atoms with Crippen LogP contribution in [0.5, 0.6) is 0 Å². The number of benzene rings is 1. The lowest BCUT2D eigenvalue weighted by Crippen LogP contribution is -2.27. The van der Waals surface area contributed by atoms with Gasteiger partial charge in [-0.2, -0.15) is 0 Å². The van der Waals surface area contributed by atoms with Crippen LogP contribution < -0.4 is 4.90 Å². The number of rotatable bonds is 3. The van der Waals surface area contributed by atoms with Gasteiger partial charge in [-0.1, -0.05) is 23.7 Å². The molecule has 0 bridgehead atoms. The average molecular weight is 402 g/mol. The van der Waals surface area contributed by atoms with Crippen molar-refractivity contribution in [3.63, 3.8) is 0 Å². The molecule has 1 aliphatic heterocycles. The molecule has 0 spiro atoms. The molecule has 2 aromatic heterocycles. The third-order valence-electron chi connectivity index (χ3n) is 3.79. The van der Waals surface area contributed by atoms with Crippen molar-refractivity contribution < 1.29 is 9.21 Å². The lowest BCUT2D eigenvalue weighted by molar-refractivity contribution is -0.113. The lowest BCUT2D eigenvalue weighted by atomic mass is 10.1. The number of furan rings is 1. The van der Waals surface area contributed by atoms with Gasteiger partial charge < -0.3 is 4.42 Å². The Hall–Kier alpha value is -2.35. The van der Waals surface area contributed by atoms with Gasteiger partial charge in [0.05, 0.1) is 4.91 Å². The van der Waals surface area contributed by atoms with E-state index in [1.165, 1.54) is 16.2 Å². The minimum absolute atomic E-state index is 0.133. The zero-order chi connectivity index (χ0) is 18.3. The molecule has 5 nitrogen and oxygen atoms in total. The van der Waals surface area contributed by atoms with Gasteiger partial charge in [0, 0.05) is 28.2 Å². The number of hydrogen-bond acceptors (Lipinski definition) is 6. The normalized spacial score (nSPS) is 16.1. The van der Waals surface area contributed by atoms with Gasteiger partial charge in [0.2, 0.25) is 0 Å². The average Bonchev–Trinajstić information content (AvgIpc) is 3.33. The highest BCUT2D eigenvalue weighted by atomic mass is 35.5. The molecule has 1 saturated heterocycles. The third-order valence-corrected chi connectivity index (χ3v) is 5.84. The summed E-state index contributed by atoms with van der Waals surface area (Å²) < 4.78 is 5.83. The largest absolute Gasteiger partial charge is 0.457 e. The van der Waals surface area contributed by atoms with E-state index in [1.807, 2.05) is 31.2 Å². The maximum absolute atomic E-state index is 12.6. The van der Waals surface area contributed by atoms with Crippen LogP contribution >= 0.6 is 34.7 Å². The molecule has 1 amide bonds. The van der Waals surface area contributed by atoms with Crippen molar-refractivity contribution in [3.05, 3.63) is 63.2 Å². The fourth-order valence-electron chi connectivity index (χ4n) is 2.45. The van der Waals surface area contributed by atoms with E-state index in [0.29, 0.717) is 26.6 Å². The van der Waals surface area contributed by atoms with Crippen LogP contribution in [0.2, 0.25) is 5.02 Å². The van der Waals surface area contributed by atoms with Gasteiger partial charge in [-0.25, -0.2) is 9.88 Å². The van der Waals surface area contributed by atoms with Crippen LogP contribution in [0.4, 0.5) is 5.13 Å². The van der Waals surface area contributed by atoms with Gasteiger partial charge in [0.15, 0.2) is 10.3 Å². The van der Waals surface area contributed by atoms with Crippen molar-refractivity contribution in [3.8, 4) is 11.3 Å². The Morgan fingerprint density at radius 1 is 1.31 bits per heavy atom. The maximum Gasteiger partial charge on any atom is 0.273 e. The number of nitrogens with one attached hydrogen (secondary N) is 1. The molecule has 3 aromatic rings. The van der Waals surface area contributed by atoms with Gasteiger partial charge in [-0.05, 0) is 42.4 Å². The first-order valence-electron chi connectivity index (χ1n) is 7.61. The first-order valence-corrected chi connectivity index (χ1v) is 9.69. The molecule has 8 heteroatoms. The first kappa shape index (κ1) is 17.1. The molecule has 0 radical (unpaired) electrons. The molecular formula is C18H12ClN3O2S2. The number of amidine groups is 1. The summed E-state index contributed by atoms with van der Waals surface area (Å²) in [4.78, 5) is 18.4. The molecule has 1 N–H and O–H groups in total. The molecule has 1 fully saturated rings. The fourth-order valence-corrected chi connectivity index (χ4v) is 4.15. The summed E-state index contributed by atoms with van der Waals surface area (Å²) in [6, 6.07) is 9.34. The van der Waals surface area contributed by atoms with E-state index >= 15 is 0 Å². The van der Waals surface area contributed by atoms with Gasteiger partial charge >= 0.3 is 0 Å². The monoisotopic (exact) mass is 401 g/mol. The van der Waals surface area contributed by atoms with E-state index in [0.717, 1.165) is 22.9 Å². The molecule has 0 atom stereocenters. The zero-order valence-corrected chi connectivity index (χ0v) is 15.9. The van der Waals surface area contributed by atoms with E-state index < -0.39 is 0 Å². The second kappa shape index (κ2) is 6.75. The quantitative estimate of drug-likeness (QED) is 0.595. The van der Waals surface area contributed by atoms with E-state index in [4.69, 9.17) is 21.4 Å². The maximum atomic E-state index is 12.6. The second-order valence-electron chi connectivity index (χ2n) is 5.54. The van der Waals surface area contributed by atoms with Crippen molar-refractivity contribution in [1.82, 2.24) is 4.98 Å². The Morgan fingerprint density at radius 3 is 2.88 bits per heavy atom. The van der Waals surface area contributed by atoms with Crippen LogP contribution in [0.1, 0.15) is 11.3 Å². The molecular weight excluding hydrogens is 390 g/mol. The number of halogens is 1. The summed E-state index contributed by atoms with van der Waals surface area (Å²) in [6.45, 7) is 1.94. The summed E-state index contributed by atoms with van der Waals surface area (Å²) >= 11 is 8.58. The molecule has 130 valence electrons. The number of aromatic nitrogens is 1. The summed E-state index contributed by atoms with van der Waals surface area (Å²) in [5.74, 6) is 0.939. The van der Waals surface area contributed by atoms with Gasteiger partial charge in [-0.3, -0.25) is 10.2 Å². The Kier molecular flexibility index (Phi) is 4.44. The molecule has 1 aliphatic rings. The summed E-state index contributed by atoms with van der Waals surface area (Å²) in [7, 11) is 0. The van der Waals surface area contributed by atoms with Crippen LogP contribution in [0.3, 0.4) is 0 Å². The lowest BCUT2D eigenvalue weighted by Gasteiger charge is -2.08. The van der Waals surface area contributed by atoms with Crippen LogP contribution in [0, 0.1) is 12.3 Å². The van der Waals surface area contributed by atoms with Crippen LogP contribution in [0.25, 0.3) is 17.4 Å². The zero-order valence-electron chi connectivity index (χ0n) is 13.5. The Morgan fingerprint density at radius 2 is 2.15 bits per heavy atom. The number of amides is 1. The topological polar surface area (TPSA) is 70.2 Å². The first-order chi connectivity index (χ1) is 12.5. The minimum Gasteiger partial charge on any atom is -0.457 e. The molecule has 26 heavy (non-hydrogen) atoms. The number of thiazole rings is 1. The molecule has 1 aromatic carbocycles. The smallest absolute Gasteiger partial charge is 0.273 e. The van der Waals surface area contributed by atoms with Crippen LogP contribution in [-0.2, 0) is 4.79 Å². The molecule has 0 saturated carbocycles. The van der Waals surface area contributed by atoms with Crippen LogP contribution in [0.15, 0.2) is 51.2 Å². The number of carbonyl (C=O) groups excluding carboxylic acids is 1. The van der Waals surface area contributed by atoms with Crippen molar-refractivity contribution in [1.29, 1.82) is 5.41 Å².